The highest BCUT2D eigenvalue weighted by Crippen LogP contribution is 2.46. The molecule has 1 saturated carbocycles. The van der Waals surface area contributed by atoms with Crippen LogP contribution in [0.1, 0.15) is 15.9 Å². The van der Waals surface area contributed by atoms with Gasteiger partial charge in [-0.25, -0.2) is 9.97 Å². The minimum Gasteiger partial charge on any atom is -0.366 e. The van der Waals surface area contributed by atoms with Gasteiger partial charge in [0.2, 0.25) is 11.9 Å². The fraction of sp³-hybridized carbons (Fsp3) is 0.250. The Morgan fingerprint density at radius 1 is 0.935 bits per heavy atom. The number of nitrogens with one attached hydrogen (secondary N) is 1. The van der Waals surface area contributed by atoms with E-state index in [0.29, 0.717) is 29.8 Å². The van der Waals surface area contributed by atoms with E-state index >= 15 is 0 Å². The molecule has 1 saturated heterocycles. The topological polar surface area (TPSA) is 101 Å². The van der Waals surface area contributed by atoms with Crippen molar-refractivity contribution in [2.75, 3.05) is 18.0 Å². The number of hydrogen-bond donors (Lipinski definition) is 2. The highest BCUT2D eigenvalue weighted by Gasteiger charge is 2.56. The van der Waals surface area contributed by atoms with Crippen molar-refractivity contribution in [3.63, 3.8) is 0 Å². The molecule has 2 unspecified atom stereocenters. The lowest BCUT2D eigenvalue weighted by molar-refractivity contribution is -0.120. The third-order valence-electron chi connectivity index (χ3n) is 6.15. The molecule has 1 aliphatic carbocycles. The monoisotopic (exact) mass is 413 g/mol. The molecule has 7 nitrogen and oxygen atoms in total. The van der Waals surface area contributed by atoms with Crippen LogP contribution in [0, 0.1) is 11.8 Å². The van der Waals surface area contributed by atoms with Crippen molar-refractivity contribution in [1.82, 2.24) is 15.3 Å². The molecule has 2 aromatic carbocycles. The van der Waals surface area contributed by atoms with Gasteiger partial charge in [0.05, 0.1) is 12.0 Å². The van der Waals surface area contributed by atoms with Crippen molar-refractivity contribution in [2.24, 2.45) is 17.6 Å². The summed E-state index contributed by atoms with van der Waals surface area (Å²) in [5.41, 5.74) is 8.85. The van der Waals surface area contributed by atoms with E-state index in [9.17, 15) is 9.59 Å². The van der Waals surface area contributed by atoms with Gasteiger partial charge in [-0.1, -0.05) is 54.6 Å². The van der Waals surface area contributed by atoms with Crippen LogP contribution in [0.15, 0.2) is 67.0 Å². The SMILES string of the molecule is NC(=O)c1cnc(N2CC3C(C2)C3NC(=O)Cc2ccc(-c3ccccc3)cc2)nc1. The van der Waals surface area contributed by atoms with E-state index in [0.717, 1.165) is 24.2 Å². The van der Waals surface area contributed by atoms with Gasteiger partial charge in [0.15, 0.2) is 0 Å². The lowest BCUT2D eigenvalue weighted by Crippen LogP contribution is -2.36. The average molecular weight is 413 g/mol. The first-order chi connectivity index (χ1) is 15.1. The van der Waals surface area contributed by atoms with E-state index < -0.39 is 5.91 Å². The molecule has 156 valence electrons. The third-order valence-corrected chi connectivity index (χ3v) is 6.15. The zero-order valence-electron chi connectivity index (χ0n) is 16.9. The Bertz CT molecular complexity index is 1090. The maximum atomic E-state index is 12.5. The summed E-state index contributed by atoms with van der Waals surface area (Å²) in [4.78, 5) is 34.2. The molecule has 2 fully saturated rings. The molecule has 3 N–H and O–H groups in total. The molecule has 0 spiro atoms. The molecule has 7 heteroatoms. The average Bonchev–Trinajstić information content (AvgIpc) is 3.22. The van der Waals surface area contributed by atoms with E-state index in [2.05, 4.69) is 44.5 Å². The minimum absolute atomic E-state index is 0.0560. The normalized spacial score (nSPS) is 21.4. The number of nitrogens with two attached hydrogens (primary N) is 1. The molecule has 1 aromatic heterocycles. The second kappa shape index (κ2) is 7.83. The van der Waals surface area contributed by atoms with Gasteiger partial charge in [-0.15, -0.1) is 0 Å². The molecule has 0 radical (unpaired) electrons. The highest BCUT2D eigenvalue weighted by atomic mass is 16.2. The highest BCUT2D eigenvalue weighted by molar-refractivity contribution is 5.92. The fourth-order valence-corrected chi connectivity index (χ4v) is 4.38. The molecule has 1 aliphatic heterocycles. The van der Waals surface area contributed by atoms with Gasteiger partial charge in [-0.3, -0.25) is 9.59 Å². The molecular formula is C24H23N5O2. The van der Waals surface area contributed by atoms with Crippen LogP contribution in [-0.4, -0.2) is 40.9 Å². The summed E-state index contributed by atoms with van der Waals surface area (Å²) in [5.74, 6) is 0.960. The van der Waals surface area contributed by atoms with Crippen molar-refractivity contribution in [1.29, 1.82) is 0 Å². The number of amides is 2. The summed E-state index contributed by atoms with van der Waals surface area (Å²) in [7, 11) is 0. The number of carbonyl (C=O) groups is 2. The number of anilines is 1. The standard InChI is InChI=1S/C24H23N5O2/c25-23(31)18-11-26-24(27-12-18)29-13-19-20(14-29)22(19)28-21(30)10-15-6-8-17(9-7-15)16-4-2-1-3-5-16/h1-9,11-12,19-20,22H,10,13-14H2,(H2,25,31)(H,28,30). The quantitative estimate of drug-likeness (QED) is 0.644. The van der Waals surface area contributed by atoms with Crippen LogP contribution < -0.4 is 16.0 Å². The van der Waals surface area contributed by atoms with E-state index in [4.69, 9.17) is 5.73 Å². The molecule has 2 heterocycles. The van der Waals surface area contributed by atoms with Crippen LogP contribution >= 0.6 is 0 Å². The van der Waals surface area contributed by atoms with Gasteiger partial charge in [0.1, 0.15) is 0 Å². The van der Waals surface area contributed by atoms with Crippen LogP contribution in [0.5, 0.6) is 0 Å². The van der Waals surface area contributed by atoms with Gasteiger partial charge < -0.3 is 16.0 Å². The molecule has 5 rings (SSSR count). The molecule has 31 heavy (non-hydrogen) atoms. The summed E-state index contributed by atoms with van der Waals surface area (Å²) in [5, 5.41) is 3.18. The van der Waals surface area contributed by atoms with Crippen LogP contribution in [0.4, 0.5) is 5.95 Å². The second-order valence-electron chi connectivity index (χ2n) is 8.20. The lowest BCUT2D eigenvalue weighted by Gasteiger charge is -2.20. The first-order valence-electron chi connectivity index (χ1n) is 10.4. The van der Waals surface area contributed by atoms with Crippen molar-refractivity contribution in [3.8, 4) is 11.1 Å². The Kier molecular flexibility index (Phi) is 4.86. The predicted octanol–water partition coefficient (Wildman–Crippen LogP) is 2.04. The van der Waals surface area contributed by atoms with Crippen LogP contribution in [0.3, 0.4) is 0 Å². The number of carbonyl (C=O) groups excluding carboxylic acids is 2. The fourth-order valence-electron chi connectivity index (χ4n) is 4.38. The molecular weight excluding hydrogens is 390 g/mol. The largest absolute Gasteiger partial charge is 0.366 e. The van der Waals surface area contributed by atoms with Crippen molar-refractivity contribution >= 4 is 17.8 Å². The summed E-state index contributed by atoms with van der Waals surface area (Å²) in [6.45, 7) is 1.61. The number of hydrogen-bond acceptors (Lipinski definition) is 5. The number of benzene rings is 2. The van der Waals surface area contributed by atoms with Gasteiger partial charge >= 0.3 is 0 Å². The zero-order valence-corrected chi connectivity index (χ0v) is 16.9. The Morgan fingerprint density at radius 2 is 1.55 bits per heavy atom. The number of nitrogens with zero attached hydrogens (tertiary/aromatic N) is 3. The van der Waals surface area contributed by atoms with E-state index in [1.165, 1.54) is 18.0 Å². The minimum atomic E-state index is -0.534. The molecule has 0 bridgehead atoms. The maximum absolute atomic E-state index is 12.5. The maximum Gasteiger partial charge on any atom is 0.251 e. The number of rotatable bonds is 6. The third kappa shape index (κ3) is 3.99. The Labute approximate surface area is 180 Å². The first kappa shape index (κ1) is 19.2. The van der Waals surface area contributed by atoms with E-state index in [-0.39, 0.29) is 11.9 Å². The lowest BCUT2D eigenvalue weighted by atomic mass is 10.0. The van der Waals surface area contributed by atoms with Crippen molar-refractivity contribution in [3.05, 3.63) is 78.1 Å². The summed E-state index contributed by atoms with van der Waals surface area (Å²) >= 11 is 0. The second-order valence-corrected chi connectivity index (χ2v) is 8.20. The van der Waals surface area contributed by atoms with E-state index in [1.54, 1.807) is 0 Å². The Morgan fingerprint density at radius 3 is 2.16 bits per heavy atom. The van der Waals surface area contributed by atoms with Crippen molar-refractivity contribution < 1.29 is 9.59 Å². The smallest absolute Gasteiger partial charge is 0.251 e. The molecule has 3 aromatic rings. The number of primary amides is 1. The molecule has 2 atom stereocenters. The van der Waals surface area contributed by atoms with Gasteiger partial charge in [0.25, 0.3) is 5.91 Å². The van der Waals surface area contributed by atoms with Gasteiger partial charge in [0, 0.05) is 43.4 Å². The number of piperidine rings is 1. The van der Waals surface area contributed by atoms with E-state index in [1.807, 2.05) is 30.3 Å². The summed E-state index contributed by atoms with van der Waals surface area (Å²) < 4.78 is 0. The Hall–Kier alpha value is -3.74. The van der Waals surface area contributed by atoms with Crippen LogP contribution in [0.25, 0.3) is 11.1 Å². The number of aromatic nitrogens is 2. The van der Waals surface area contributed by atoms with Crippen molar-refractivity contribution in [2.45, 2.75) is 12.5 Å². The van der Waals surface area contributed by atoms with Gasteiger partial charge in [-0.05, 0) is 16.7 Å². The van der Waals surface area contributed by atoms with Crippen LogP contribution in [0.2, 0.25) is 0 Å². The molecule has 2 aliphatic rings. The van der Waals surface area contributed by atoms with Gasteiger partial charge in [-0.2, -0.15) is 0 Å². The summed E-state index contributed by atoms with van der Waals surface area (Å²) in [6, 6.07) is 18.6. The predicted molar refractivity (Wildman–Crippen MR) is 117 cm³/mol. The van der Waals surface area contributed by atoms with Crippen LogP contribution in [-0.2, 0) is 11.2 Å². The number of fused-ring (bicyclic) bond motifs is 1. The summed E-state index contributed by atoms with van der Waals surface area (Å²) in [6.07, 6.45) is 3.29. The first-order valence-corrected chi connectivity index (χ1v) is 10.4. The zero-order chi connectivity index (χ0) is 21.4. The molecule has 2 amide bonds. The Balaban J connectivity index is 1.12.